The van der Waals surface area contributed by atoms with Gasteiger partial charge in [-0.1, -0.05) is 0 Å². The van der Waals surface area contributed by atoms with Gasteiger partial charge in [-0.05, 0) is 0 Å². The summed E-state index contributed by atoms with van der Waals surface area (Å²) in [5, 5.41) is 3.12. The first-order chi connectivity index (χ1) is 4.35. The van der Waals surface area contributed by atoms with E-state index < -0.39 is 5.60 Å². The number of morpholine rings is 1. The van der Waals surface area contributed by atoms with Crippen molar-refractivity contribution in [2.75, 3.05) is 13.1 Å². The largest absolute Gasteiger partial charge is 0.361 e. The van der Waals surface area contributed by atoms with Crippen molar-refractivity contribution in [1.29, 1.82) is 0 Å². The lowest BCUT2D eigenvalue weighted by atomic mass is 9.87. The molecule has 0 aromatic carbocycles. The van der Waals surface area contributed by atoms with E-state index in [2.05, 4.69) is 5.32 Å². The van der Waals surface area contributed by atoms with E-state index in [9.17, 15) is 4.79 Å². The molecule has 0 spiro atoms. The van der Waals surface area contributed by atoms with Gasteiger partial charge in [0.15, 0.2) is 6.29 Å². The predicted molar refractivity (Wildman–Crippen MR) is 31.2 cm³/mol. The van der Waals surface area contributed by atoms with Gasteiger partial charge in [0, 0.05) is 19.5 Å². The molecular weight excluding hydrogens is 118 g/mol. The molecule has 0 aromatic rings. The molecular formula is C6H9NO2. The molecule has 0 amide bonds. The highest BCUT2D eigenvalue weighted by molar-refractivity contribution is 5.65. The van der Waals surface area contributed by atoms with Gasteiger partial charge >= 0.3 is 0 Å². The Labute approximate surface area is 53.4 Å². The molecule has 3 saturated heterocycles. The fourth-order valence-electron chi connectivity index (χ4n) is 1.50. The molecule has 2 unspecified atom stereocenters. The average molecular weight is 127 g/mol. The molecule has 9 heavy (non-hydrogen) atoms. The number of ether oxygens (including phenoxy) is 1. The number of nitrogens with one attached hydrogen (secondary N) is 1. The smallest absolute Gasteiger partial charge is 0.153 e. The summed E-state index contributed by atoms with van der Waals surface area (Å²) in [7, 11) is 0. The maximum atomic E-state index is 10.4. The monoisotopic (exact) mass is 127 g/mol. The average Bonchev–Trinajstić information content (AvgIpc) is 1.88. The Bertz CT molecular complexity index is 134. The summed E-state index contributed by atoms with van der Waals surface area (Å²) in [6.45, 7) is 1.61. The van der Waals surface area contributed by atoms with Gasteiger partial charge in [-0.3, -0.25) is 0 Å². The molecule has 3 heteroatoms. The topological polar surface area (TPSA) is 38.3 Å². The quantitative estimate of drug-likeness (QED) is 0.474. The van der Waals surface area contributed by atoms with Crippen LogP contribution in [0.5, 0.6) is 0 Å². The van der Waals surface area contributed by atoms with Crippen LogP contribution in [0.2, 0.25) is 0 Å². The SMILES string of the molecule is O=CC12CNCC(C1)O2. The van der Waals surface area contributed by atoms with Crippen LogP contribution in [0.15, 0.2) is 0 Å². The highest BCUT2D eigenvalue weighted by Crippen LogP contribution is 2.32. The number of hydrogen-bond acceptors (Lipinski definition) is 3. The minimum absolute atomic E-state index is 0.309. The minimum atomic E-state index is -0.428. The molecule has 2 bridgehead atoms. The molecule has 2 atom stereocenters. The van der Waals surface area contributed by atoms with E-state index in [1.165, 1.54) is 0 Å². The lowest BCUT2D eigenvalue weighted by Crippen LogP contribution is -2.65. The van der Waals surface area contributed by atoms with Gasteiger partial charge in [0.25, 0.3) is 0 Å². The van der Waals surface area contributed by atoms with Gasteiger partial charge in [0.1, 0.15) is 5.60 Å². The Balaban J connectivity index is 2.09. The van der Waals surface area contributed by atoms with E-state index in [0.717, 1.165) is 19.3 Å². The Hall–Kier alpha value is -0.410. The second-order valence-electron chi connectivity index (χ2n) is 2.76. The predicted octanol–water partition coefficient (Wildman–Crippen LogP) is -0.684. The first-order valence-corrected chi connectivity index (χ1v) is 3.19. The third-order valence-corrected chi connectivity index (χ3v) is 1.99. The molecule has 3 heterocycles. The fourth-order valence-corrected chi connectivity index (χ4v) is 1.50. The highest BCUT2D eigenvalue weighted by atomic mass is 16.5. The van der Waals surface area contributed by atoms with E-state index in [1.807, 2.05) is 0 Å². The third-order valence-electron chi connectivity index (χ3n) is 1.99. The zero-order valence-corrected chi connectivity index (χ0v) is 5.09. The Morgan fingerprint density at radius 1 is 1.78 bits per heavy atom. The van der Waals surface area contributed by atoms with Crippen molar-refractivity contribution >= 4 is 6.29 Å². The number of fused-ring (bicyclic) bond motifs is 2. The van der Waals surface area contributed by atoms with Crippen LogP contribution in [-0.2, 0) is 9.53 Å². The molecule has 0 aliphatic carbocycles. The fraction of sp³-hybridized carbons (Fsp3) is 0.833. The van der Waals surface area contributed by atoms with Crippen molar-refractivity contribution in [3.8, 4) is 0 Å². The first-order valence-electron chi connectivity index (χ1n) is 3.19. The lowest BCUT2D eigenvalue weighted by molar-refractivity contribution is -0.209. The number of carbonyl (C=O) groups excluding carboxylic acids is 1. The van der Waals surface area contributed by atoms with Gasteiger partial charge < -0.3 is 14.8 Å². The van der Waals surface area contributed by atoms with Crippen LogP contribution in [0, 0.1) is 0 Å². The van der Waals surface area contributed by atoms with Crippen LogP contribution < -0.4 is 5.32 Å². The summed E-state index contributed by atoms with van der Waals surface area (Å²) in [4.78, 5) is 10.4. The summed E-state index contributed by atoms with van der Waals surface area (Å²) < 4.78 is 5.28. The molecule has 0 aromatic heterocycles. The van der Waals surface area contributed by atoms with Crippen molar-refractivity contribution < 1.29 is 9.53 Å². The zero-order chi connectivity index (χ0) is 6.32. The van der Waals surface area contributed by atoms with E-state index in [-0.39, 0.29) is 0 Å². The van der Waals surface area contributed by atoms with Crippen LogP contribution in [0.4, 0.5) is 0 Å². The number of carbonyl (C=O) groups is 1. The standard InChI is InChI=1S/C6H9NO2/c8-4-6-1-5(9-6)2-7-3-6/h4-5,7H,1-3H2. The lowest BCUT2D eigenvalue weighted by Gasteiger charge is -2.48. The zero-order valence-electron chi connectivity index (χ0n) is 5.09. The first kappa shape index (κ1) is 5.38. The summed E-state index contributed by atoms with van der Waals surface area (Å²) in [6.07, 6.45) is 2.14. The van der Waals surface area contributed by atoms with Gasteiger partial charge in [-0.2, -0.15) is 0 Å². The third kappa shape index (κ3) is 0.618. The molecule has 50 valence electrons. The van der Waals surface area contributed by atoms with E-state index in [1.54, 1.807) is 0 Å². The molecule has 3 rings (SSSR count). The molecule has 3 aliphatic rings. The maximum absolute atomic E-state index is 10.4. The van der Waals surface area contributed by atoms with Crippen molar-refractivity contribution in [3.63, 3.8) is 0 Å². The molecule has 0 saturated carbocycles. The van der Waals surface area contributed by atoms with E-state index in [4.69, 9.17) is 4.74 Å². The highest BCUT2D eigenvalue weighted by Gasteiger charge is 2.48. The molecule has 3 aliphatic heterocycles. The maximum Gasteiger partial charge on any atom is 0.153 e. The number of piperidine rings is 1. The second-order valence-corrected chi connectivity index (χ2v) is 2.76. The Morgan fingerprint density at radius 2 is 2.56 bits per heavy atom. The second kappa shape index (κ2) is 1.55. The van der Waals surface area contributed by atoms with E-state index in [0.29, 0.717) is 12.6 Å². The number of hydrogen-bond donors (Lipinski definition) is 1. The van der Waals surface area contributed by atoms with Gasteiger partial charge in [-0.15, -0.1) is 0 Å². The summed E-state index contributed by atoms with van der Waals surface area (Å²) in [5.74, 6) is 0. The van der Waals surface area contributed by atoms with Crippen molar-refractivity contribution in [1.82, 2.24) is 5.32 Å². The van der Waals surface area contributed by atoms with Gasteiger partial charge in [0.05, 0.1) is 6.10 Å². The van der Waals surface area contributed by atoms with Gasteiger partial charge in [-0.25, -0.2) is 0 Å². The van der Waals surface area contributed by atoms with Gasteiger partial charge in [0.2, 0.25) is 0 Å². The van der Waals surface area contributed by atoms with Crippen molar-refractivity contribution in [2.45, 2.75) is 18.1 Å². The van der Waals surface area contributed by atoms with Crippen LogP contribution in [-0.4, -0.2) is 31.1 Å². The van der Waals surface area contributed by atoms with Crippen LogP contribution in [0.25, 0.3) is 0 Å². The van der Waals surface area contributed by atoms with Crippen molar-refractivity contribution in [3.05, 3.63) is 0 Å². The van der Waals surface area contributed by atoms with E-state index >= 15 is 0 Å². The molecule has 1 N–H and O–H groups in total. The number of aldehydes is 1. The summed E-state index contributed by atoms with van der Waals surface area (Å²) in [5.41, 5.74) is -0.428. The number of rotatable bonds is 1. The molecule has 3 nitrogen and oxygen atoms in total. The summed E-state index contributed by atoms with van der Waals surface area (Å²) in [6, 6.07) is 0. The summed E-state index contributed by atoms with van der Waals surface area (Å²) >= 11 is 0. The minimum Gasteiger partial charge on any atom is -0.361 e. The molecule has 3 fully saturated rings. The Kier molecular flexibility index (Phi) is 0.926. The molecule has 0 radical (unpaired) electrons. The van der Waals surface area contributed by atoms with Crippen LogP contribution in [0.1, 0.15) is 6.42 Å². The van der Waals surface area contributed by atoms with Crippen LogP contribution >= 0.6 is 0 Å². The Morgan fingerprint density at radius 3 is 2.89 bits per heavy atom. The van der Waals surface area contributed by atoms with Crippen molar-refractivity contribution in [2.24, 2.45) is 0 Å². The normalized spacial score (nSPS) is 47.8. The van der Waals surface area contributed by atoms with Crippen LogP contribution in [0.3, 0.4) is 0 Å².